The SMILES string of the molecule is CCC1CCCC(OCCC2CCCC2(NC)C(N)=O)C1. The molecule has 4 unspecified atom stereocenters. The molecule has 0 aliphatic heterocycles. The molecule has 122 valence electrons. The molecule has 0 heterocycles. The van der Waals surface area contributed by atoms with Crippen LogP contribution in [0.2, 0.25) is 0 Å². The molecule has 1 amide bonds. The van der Waals surface area contributed by atoms with Crippen molar-refractivity contribution >= 4 is 5.91 Å². The summed E-state index contributed by atoms with van der Waals surface area (Å²) in [7, 11) is 1.86. The molecule has 4 nitrogen and oxygen atoms in total. The van der Waals surface area contributed by atoms with E-state index in [1.807, 2.05) is 7.05 Å². The molecule has 2 rings (SSSR count). The number of hydrogen-bond donors (Lipinski definition) is 2. The maximum Gasteiger partial charge on any atom is 0.238 e. The smallest absolute Gasteiger partial charge is 0.238 e. The minimum Gasteiger partial charge on any atom is -0.378 e. The van der Waals surface area contributed by atoms with Gasteiger partial charge in [0.25, 0.3) is 0 Å². The molecule has 0 aromatic rings. The van der Waals surface area contributed by atoms with E-state index >= 15 is 0 Å². The van der Waals surface area contributed by atoms with E-state index in [1.54, 1.807) is 0 Å². The standard InChI is InChI=1S/C17H32N2O2/c1-3-13-6-4-8-15(12-13)21-11-9-14-7-5-10-17(14,19-2)16(18)20/h13-15,19H,3-12H2,1-2H3,(H2,18,20). The molecule has 4 atom stereocenters. The van der Waals surface area contributed by atoms with Gasteiger partial charge in [0.1, 0.15) is 5.54 Å². The summed E-state index contributed by atoms with van der Waals surface area (Å²) < 4.78 is 6.11. The predicted octanol–water partition coefficient (Wildman–Crippen LogP) is 2.61. The van der Waals surface area contributed by atoms with Crippen LogP contribution in [0.15, 0.2) is 0 Å². The van der Waals surface area contributed by atoms with Crippen LogP contribution in [0.4, 0.5) is 0 Å². The highest BCUT2D eigenvalue weighted by Crippen LogP contribution is 2.38. The lowest BCUT2D eigenvalue weighted by Gasteiger charge is -2.33. The number of carbonyl (C=O) groups is 1. The first-order valence-electron chi connectivity index (χ1n) is 8.72. The van der Waals surface area contributed by atoms with Crippen LogP contribution < -0.4 is 11.1 Å². The van der Waals surface area contributed by atoms with E-state index in [-0.39, 0.29) is 5.91 Å². The van der Waals surface area contributed by atoms with E-state index in [0.717, 1.165) is 38.2 Å². The van der Waals surface area contributed by atoms with Gasteiger partial charge in [-0.2, -0.15) is 0 Å². The molecule has 4 heteroatoms. The zero-order valence-corrected chi connectivity index (χ0v) is 13.7. The third-order valence-corrected chi connectivity index (χ3v) is 5.84. The summed E-state index contributed by atoms with van der Waals surface area (Å²) in [6, 6.07) is 0. The maximum absolute atomic E-state index is 11.8. The summed E-state index contributed by atoms with van der Waals surface area (Å²) in [6.45, 7) is 3.04. The van der Waals surface area contributed by atoms with Crippen LogP contribution in [0.5, 0.6) is 0 Å². The van der Waals surface area contributed by atoms with Gasteiger partial charge < -0.3 is 15.8 Å². The highest BCUT2D eigenvalue weighted by atomic mass is 16.5. The van der Waals surface area contributed by atoms with Crippen molar-refractivity contribution in [2.45, 2.75) is 76.4 Å². The van der Waals surface area contributed by atoms with Gasteiger partial charge in [0.15, 0.2) is 0 Å². The average molecular weight is 296 g/mol. The Morgan fingerprint density at radius 3 is 2.81 bits per heavy atom. The first kappa shape index (κ1) is 16.8. The lowest BCUT2D eigenvalue weighted by Crippen LogP contribution is -2.56. The Morgan fingerprint density at radius 1 is 1.33 bits per heavy atom. The van der Waals surface area contributed by atoms with Gasteiger partial charge in [-0.25, -0.2) is 0 Å². The normalized spacial score (nSPS) is 36.8. The van der Waals surface area contributed by atoms with E-state index < -0.39 is 5.54 Å². The molecule has 0 aromatic carbocycles. The van der Waals surface area contributed by atoms with Crippen LogP contribution >= 0.6 is 0 Å². The van der Waals surface area contributed by atoms with Crippen molar-refractivity contribution in [3.05, 3.63) is 0 Å². The Bertz CT molecular complexity index is 348. The van der Waals surface area contributed by atoms with Gasteiger partial charge >= 0.3 is 0 Å². The molecule has 0 aromatic heterocycles. The number of nitrogens with two attached hydrogens (primary N) is 1. The largest absolute Gasteiger partial charge is 0.378 e. The first-order valence-corrected chi connectivity index (χ1v) is 8.72. The summed E-state index contributed by atoms with van der Waals surface area (Å²) in [5.41, 5.74) is 5.14. The lowest BCUT2D eigenvalue weighted by atomic mass is 9.84. The monoisotopic (exact) mass is 296 g/mol. The van der Waals surface area contributed by atoms with Crippen molar-refractivity contribution in [2.75, 3.05) is 13.7 Å². The summed E-state index contributed by atoms with van der Waals surface area (Å²) in [5, 5.41) is 3.20. The fourth-order valence-corrected chi connectivity index (χ4v) is 4.39. The fourth-order valence-electron chi connectivity index (χ4n) is 4.39. The van der Waals surface area contributed by atoms with Gasteiger partial charge in [-0.1, -0.05) is 32.6 Å². The Labute approximate surface area is 129 Å². The highest BCUT2D eigenvalue weighted by Gasteiger charge is 2.46. The molecule has 0 radical (unpaired) electrons. The average Bonchev–Trinajstić information content (AvgIpc) is 2.92. The molecule has 2 fully saturated rings. The van der Waals surface area contributed by atoms with Crippen LogP contribution in [-0.2, 0) is 9.53 Å². The number of rotatable bonds is 7. The second-order valence-electron chi connectivity index (χ2n) is 6.90. The van der Waals surface area contributed by atoms with Crippen LogP contribution in [0.25, 0.3) is 0 Å². The third-order valence-electron chi connectivity index (χ3n) is 5.84. The van der Waals surface area contributed by atoms with Gasteiger partial charge in [-0.3, -0.25) is 4.79 Å². The Hall–Kier alpha value is -0.610. The summed E-state index contributed by atoms with van der Waals surface area (Å²) in [6.07, 6.45) is 10.8. The number of hydrogen-bond acceptors (Lipinski definition) is 3. The molecular weight excluding hydrogens is 264 g/mol. The molecule has 2 aliphatic carbocycles. The molecule has 0 bridgehead atoms. The highest BCUT2D eigenvalue weighted by molar-refractivity contribution is 5.85. The predicted molar refractivity (Wildman–Crippen MR) is 84.9 cm³/mol. The Morgan fingerprint density at radius 2 is 2.14 bits per heavy atom. The molecular formula is C17H32N2O2. The fraction of sp³-hybridized carbons (Fsp3) is 0.941. The maximum atomic E-state index is 11.8. The number of likely N-dealkylation sites (N-methyl/N-ethyl adjacent to an activating group) is 1. The second-order valence-corrected chi connectivity index (χ2v) is 6.90. The number of ether oxygens (including phenoxy) is 1. The van der Waals surface area contributed by atoms with Gasteiger partial charge in [-0.15, -0.1) is 0 Å². The van der Waals surface area contributed by atoms with Crippen molar-refractivity contribution in [2.24, 2.45) is 17.6 Å². The summed E-state index contributed by atoms with van der Waals surface area (Å²) >= 11 is 0. The van der Waals surface area contributed by atoms with E-state index in [2.05, 4.69) is 12.2 Å². The Balaban J connectivity index is 1.78. The van der Waals surface area contributed by atoms with Gasteiger partial charge in [0.05, 0.1) is 6.10 Å². The Kier molecular flexibility index (Phi) is 6.06. The topological polar surface area (TPSA) is 64.3 Å². The van der Waals surface area contributed by atoms with E-state index in [4.69, 9.17) is 10.5 Å². The summed E-state index contributed by atoms with van der Waals surface area (Å²) in [5.74, 6) is 0.971. The van der Waals surface area contributed by atoms with Gasteiger partial charge in [-0.05, 0) is 51.0 Å². The minimum absolute atomic E-state index is 0.198. The van der Waals surface area contributed by atoms with Crippen LogP contribution in [0.1, 0.15) is 64.7 Å². The molecule has 3 N–H and O–H groups in total. The number of amides is 1. The number of nitrogens with one attached hydrogen (secondary N) is 1. The van der Waals surface area contributed by atoms with E-state index in [9.17, 15) is 4.79 Å². The molecule has 2 aliphatic rings. The molecule has 0 saturated heterocycles. The quantitative estimate of drug-likeness (QED) is 0.759. The number of carbonyl (C=O) groups excluding carboxylic acids is 1. The summed E-state index contributed by atoms with van der Waals surface area (Å²) in [4.78, 5) is 11.8. The number of primary amides is 1. The van der Waals surface area contributed by atoms with Gasteiger partial charge in [0.2, 0.25) is 5.91 Å². The van der Waals surface area contributed by atoms with Crippen molar-refractivity contribution in [1.82, 2.24) is 5.32 Å². The van der Waals surface area contributed by atoms with Crippen molar-refractivity contribution < 1.29 is 9.53 Å². The second kappa shape index (κ2) is 7.59. The molecule has 2 saturated carbocycles. The minimum atomic E-state index is -0.498. The third kappa shape index (κ3) is 3.78. The zero-order valence-electron chi connectivity index (χ0n) is 13.7. The van der Waals surface area contributed by atoms with Crippen molar-refractivity contribution in [3.8, 4) is 0 Å². The van der Waals surface area contributed by atoms with Crippen molar-refractivity contribution in [1.29, 1.82) is 0 Å². The molecule has 0 spiro atoms. The van der Waals surface area contributed by atoms with Crippen LogP contribution in [0.3, 0.4) is 0 Å². The van der Waals surface area contributed by atoms with Crippen LogP contribution in [-0.4, -0.2) is 31.2 Å². The van der Waals surface area contributed by atoms with Crippen LogP contribution in [0, 0.1) is 11.8 Å². The van der Waals surface area contributed by atoms with Crippen molar-refractivity contribution in [3.63, 3.8) is 0 Å². The van der Waals surface area contributed by atoms with Gasteiger partial charge in [0, 0.05) is 6.61 Å². The van der Waals surface area contributed by atoms with E-state index in [1.165, 1.54) is 32.1 Å². The first-order chi connectivity index (χ1) is 10.1. The van der Waals surface area contributed by atoms with E-state index in [0.29, 0.717) is 12.0 Å². The zero-order chi connectivity index (χ0) is 15.3. The molecule has 21 heavy (non-hydrogen) atoms. The lowest BCUT2D eigenvalue weighted by molar-refractivity contribution is -0.126.